The molecule has 1 rings (SSSR count). The number of H-pyrrole nitrogens is 1. The summed E-state index contributed by atoms with van der Waals surface area (Å²) in [6.45, 7) is 1.36. The molecule has 104 valence electrons. The van der Waals surface area contributed by atoms with Gasteiger partial charge in [0.2, 0.25) is 5.91 Å². The van der Waals surface area contributed by atoms with Crippen LogP contribution in [-0.2, 0) is 16.1 Å². The van der Waals surface area contributed by atoms with Crippen LogP contribution in [0.4, 0.5) is 0 Å². The van der Waals surface area contributed by atoms with Crippen LogP contribution in [0.15, 0.2) is 21.7 Å². The monoisotopic (exact) mass is 269 g/mol. The molecule has 0 radical (unpaired) electrons. The molecule has 1 aromatic heterocycles. The van der Waals surface area contributed by atoms with Crippen molar-refractivity contribution in [3.8, 4) is 0 Å². The molecule has 0 unspecified atom stereocenters. The molecule has 0 aliphatic heterocycles. The molecule has 0 saturated heterocycles. The zero-order valence-corrected chi connectivity index (χ0v) is 10.4. The summed E-state index contributed by atoms with van der Waals surface area (Å²) < 4.78 is 0.822. The first kappa shape index (κ1) is 14.7. The Hall–Kier alpha value is -2.38. The number of carboxylic acids is 1. The lowest BCUT2D eigenvalue weighted by Crippen LogP contribution is -2.44. The average Bonchev–Trinajstić information content (AvgIpc) is 2.33. The van der Waals surface area contributed by atoms with Gasteiger partial charge in [-0.3, -0.25) is 19.5 Å². The van der Waals surface area contributed by atoms with Crippen LogP contribution >= 0.6 is 0 Å². The summed E-state index contributed by atoms with van der Waals surface area (Å²) in [6.07, 6.45) is 0.890. The summed E-state index contributed by atoms with van der Waals surface area (Å²) >= 11 is 0. The normalized spacial score (nSPS) is 11.8. The highest BCUT2D eigenvalue weighted by molar-refractivity contribution is 5.83. The van der Waals surface area contributed by atoms with Gasteiger partial charge in [-0.2, -0.15) is 0 Å². The Kier molecular flexibility index (Phi) is 5.04. The number of aromatic amines is 1. The summed E-state index contributed by atoms with van der Waals surface area (Å²) in [5.41, 5.74) is -1.06. The zero-order valence-electron chi connectivity index (χ0n) is 10.4. The summed E-state index contributed by atoms with van der Waals surface area (Å²) in [7, 11) is 0. The van der Waals surface area contributed by atoms with Gasteiger partial charge in [0.15, 0.2) is 0 Å². The van der Waals surface area contributed by atoms with Gasteiger partial charge in [0.1, 0.15) is 12.6 Å². The Balaban J connectivity index is 2.74. The Morgan fingerprint density at radius 2 is 2.11 bits per heavy atom. The van der Waals surface area contributed by atoms with Crippen molar-refractivity contribution in [2.24, 2.45) is 0 Å². The maximum absolute atomic E-state index is 11.6. The predicted octanol–water partition coefficient (Wildman–Crippen LogP) is -1.09. The van der Waals surface area contributed by atoms with Crippen LogP contribution in [0.3, 0.4) is 0 Å². The maximum Gasteiger partial charge on any atom is 0.326 e. The van der Waals surface area contributed by atoms with E-state index in [2.05, 4.69) is 10.4 Å². The number of carboxylic acid groups (broad SMARTS) is 1. The van der Waals surface area contributed by atoms with Crippen molar-refractivity contribution in [2.75, 3.05) is 0 Å². The number of aromatic nitrogens is 2. The highest BCUT2D eigenvalue weighted by atomic mass is 16.4. The fraction of sp³-hybridized carbons (Fsp3) is 0.455. The molecule has 3 N–H and O–H groups in total. The first-order chi connectivity index (χ1) is 8.93. The smallest absolute Gasteiger partial charge is 0.326 e. The van der Waals surface area contributed by atoms with Gasteiger partial charge < -0.3 is 10.4 Å². The fourth-order valence-electron chi connectivity index (χ4n) is 1.51. The number of nitrogens with one attached hydrogen (secondary N) is 2. The van der Waals surface area contributed by atoms with Gasteiger partial charge in [-0.05, 0) is 6.42 Å². The molecule has 0 saturated carbocycles. The van der Waals surface area contributed by atoms with Crippen molar-refractivity contribution in [3.05, 3.63) is 32.8 Å². The van der Waals surface area contributed by atoms with Crippen LogP contribution in [0, 0.1) is 0 Å². The SMILES string of the molecule is CCC[C@H](NC(=O)Cn1[nH]c(=O)ccc1=O)C(=O)O. The minimum Gasteiger partial charge on any atom is -0.480 e. The number of carbonyl (C=O) groups is 2. The van der Waals surface area contributed by atoms with Gasteiger partial charge in [-0.25, -0.2) is 9.48 Å². The molecule has 19 heavy (non-hydrogen) atoms. The van der Waals surface area contributed by atoms with Crippen molar-refractivity contribution in [1.82, 2.24) is 15.1 Å². The summed E-state index contributed by atoms with van der Waals surface area (Å²) in [6, 6.07) is 1.09. The van der Waals surface area contributed by atoms with Crippen LogP contribution < -0.4 is 16.4 Å². The summed E-state index contributed by atoms with van der Waals surface area (Å²) in [5.74, 6) is -1.78. The highest BCUT2D eigenvalue weighted by Gasteiger charge is 2.19. The second-order valence-electron chi connectivity index (χ2n) is 3.98. The number of carbonyl (C=O) groups excluding carboxylic acids is 1. The van der Waals surface area contributed by atoms with Crippen LogP contribution in [0.2, 0.25) is 0 Å². The first-order valence-electron chi connectivity index (χ1n) is 5.76. The lowest BCUT2D eigenvalue weighted by Gasteiger charge is -2.13. The van der Waals surface area contributed by atoms with Crippen LogP contribution in [0.25, 0.3) is 0 Å². The van der Waals surface area contributed by atoms with Gasteiger partial charge in [0, 0.05) is 12.1 Å². The van der Waals surface area contributed by atoms with Crippen molar-refractivity contribution < 1.29 is 14.7 Å². The second kappa shape index (κ2) is 6.53. The van der Waals surface area contributed by atoms with Gasteiger partial charge >= 0.3 is 5.97 Å². The second-order valence-corrected chi connectivity index (χ2v) is 3.98. The standard InChI is InChI=1S/C11H15N3O5/c1-2-3-7(11(18)19)12-9(16)6-14-10(17)5-4-8(15)13-14/h4-5,7H,2-3,6H2,1H3,(H,12,16)(H,13,15)(H,18,19)/t7-/m0/s1. The molecule has 0 aromatic carbocycles. The Morgan fingerprint density at radius 3 is 2.68 bits per heavy atom. The third-order valence-corrected chi connectivity index (χ3v) is 2.40. The molecular weight excluding hydrogens is 254 g/mol. The third-order valence-electron chi connectivity index (χ3n) is 2.40. The number of amides is 1. The highest BCUT2D eigenvalue weighted by Crippen LogP contribution is 1.96. The molecule has 0 aliphatic rings. The molecule has 8 nitrogen and oxygen atoms in total. The van der Waals surface area contributed by atoms with E-state index in [9.17, 15) is 19.2 Å². The van der Waals surface area contributed by atoms with Crippen LogP contribution in [0.5, 0.6) is 0 Å². The molecule has 0 aliphatic carbocycles. The predicted molar refractivity (Wildman–Crippen MR) is 65.8 cm³/mol. The molecule has 0 spiro atoms. The Morgan fingerprint density at radius 1 is 1.42 bits per heavy atom. The summed E-state index contributed by atoms with van der Waals surface area (Å²) in [4.78, 5) is 44.8. The number of nitrogens with zero attached hydrogens (tertiary/aromatic N) is 1. The molecule has 1 aromatic rings. The number of hydrogen-bond acceptors (Lipinski definition) is 4. The zero-order chi connectivity index (χ0) is 14.4. The molecule has 1 heterocycles. The molecular formula is C11H15N3O5. The van der Waals surface area contributed by atoms with E-state index >= 15 is 0 Å². The average molecular weight is 269 g/mol. The number of rotatable bonds is 6. The van der Waals surface area contributed by atoms with Crippen LogP contribution in [0.1, 0.15) is 19.8 Å². The largest absolute Gasteiger partial charge is 0.480 e. The van der Waals surface area contributed by atoms with Gasteiger partial charge in [-0.15, -0.1) is 0 Å². The van der Waals surface area contributed by atoms with E-state index in [1.54, 1.807) is 6.92 Å². The van der Waals surface area contributed by atoms with Gasteiger partial charge in [-0.1, -0.05) is 13.3 Å². The third kappa shape index (κ3) is 4.41. The van der Waals surface area contributed by atoms with E-state index in [4.69, 9.17) is 5.11 Å². The van der Waals surface area contributed by atoms with Crippen molar-refractivity contribution in [3.63, 3.8) is 0 Å². The fourth-order valence-corrected chi connectivity index (χ4v) is 1.51. The number of hydrogen-bond donors (Lipinski definition) is 3. The molecule has 1 amide bonds. The lowest BCUT2D eigenvalue weighted by atomic mass is 10.1. The number of aliphatic carboxylic acids is 1. The minimum atomic E-state index is -1.14. The van der Waals surface area contributed by atoms with E-state index in [-0.39, 0.29) is 0 Å². The quantitative estimate of drug-likeness (QED) is 0.605. The first-order valence-corrected chi connectivity index (χ1v) is 5.76. The van der Waals surface area contributed by atoms with E-state index in [1.807, 2.05) is 0 Å². The maximum atomic E-state index is 11.6. The van der Waals surface area contributed by atoms with Gasteiger partial charge in [0.05, 0.1) is 0 Å². The van der Waals surface area contributed by atoms with Gasteiger partial charge in [0.25, 0.3) is 11.1 Å². The molecule has 0 fully saturated rings. The van der Waals surface area contributed by atoms with Crippen molar-refractivity contribution >= 4 is 11.9 Å². The van der Waals surface area contributed by atoms with E-state index in [0.29, 0.717) is 12.8 Å². The van der Waals surface area contributed by atoms with Crippen molar-refractivity contribution in [1.29, 1.82) is 0 Å². The van der Waals surface area contributed by atoms with Crippen LogP contribution in [-0.4, -0.2) is 32.8 Å². The summed E-state index contributed by atoms with van der Waals surface area (Å²) in [5, 5.41) is 13.4. The van der Waals surface area contributed by atoms with Crippen molar-refractivity contribution in [2.45, 2.75) is 32.4 Å². The topological polar surface area (TPSA) is 121 Å². The molecule has 8 heteroatoms. The molecule has 0 bridgehead atoms. The lowest BCUT2D eigenvalue weighted by molar-refractivity contribution is -0.142. The van der Waals surface area contributed by atoms with E-state index in [1.165, 1.54) is 0 Å². The van der Waals surface area contributed by atoms with E-state index < -0.39 is 35.6 Å². The van der Waals surface area contributed by atoms with E-state index in [0.717, 1.165) is 16.8 Å². The molecule has 1 atom stereocenters. The Bertz CT molecular complexity index is 574. The Labute approximate surface area is 108 Å². The minimum absolute atomic E-state index is 0.293.